The summed E-state index contributed by atoms with van der Waals surface area (Å²) >= 11 is 3.46. The van der Waals surface area contributed by atoms with E-state index in [0.29, 0.717) is 6.61 Å². The molecule has 0 atom stereocenters. The Balaban J connectivity index is 2.87. The normalized spacial score (nSPS) is 9.92. The Labute approximate surface area is 81.9 Å². The smallest absolute Gasteiger partial charge is 0.133 e. The van der Waals surface area contributed by atoms with E-state index in [1.165, 1.54) is 5.56 Å². The lowest BCUT2D eigenvalue weighted by Crippen LogP contribution is -1.92. The standard InChI is InChI=1S/C10H13BrO/c1-3-8-5-6-10(12-4-2)9(11)7-8/h5-7H,3-4H2,1-2H3. The molecule has 0 aromatic heterocycles. The summed E-state index contributed by atoms with van der Waals surface area (Å²) in [6.45, 7) is 4.84. The largest absolute Gasteiger partial charge is 0.493 e. The van der Waals surface area contributed by atoms with Gasteiger partial charge in [-0.15, -0.1) is 0 Å². The molecule has 1 aromatic rings. The average Bonchev–Trinajstić information content (AvgIpc) is 2.09. The van der Waals surface area contributed by atoms with Crippen LogP contribution in [0.2, 0.25) is 0 Å². The first-order valence-corrected chi connectivity index (χ1v) is 4.98. The molecule has 0 bridgehead atoms. The van der Waals surface area contributed by atoms with Gasteiger partial charge in [-0.25, -0.2) is 0 Å². The molecule has 0 N–H and O–H groups in total. The van der Waals surface area contributed by atoms with E-state index < -0.39 is 0 Å². The molecule has 1 nitrogen and oxygen atoms in total. The van der Waals surface area contributed by atoms with E-state index >= 15 is 0 Å². The van der Waals surface area contributed by atoms with Gasteiger partial charge in [0.25, 0.3) is 0 Å². The van der Waals surface area contributed by atoms with Crippen molar-refractivity contribution in [1.82, 2.24) is 0 Å². The van der Waals surface area contributed by atoms with Crippen LogP contribution >= 0.6 is 15.9 Å². The topological polar surface area (TPSA) is 9.23 Å². The van der Waals surface area contributed by atoms with Crippen molar-refractivity contribution >= 4 is 15.9 Å². The molecule has 0 spiro atoms. The van der Waals surface area contributed by atoms with Crippen molar-refractivity contribution in [2.75, 3.05) is 6.61 Å². The van der Waals surface area contributed by atoms with Crippen LogP contribution in [0.1, 0.15) is 19.4 Å². The molecule has 0 heterocycles. The monoisotopic (exact) mass is 228 g/mol. The first kappa shape index (κ1) is 9.59. The predicted octanol–water partition coefficient (Wildman–Crippen LogP) is 3.41. The van der Waals surface area contributed by atoms with E-state index in [1.807, 2.05) is 13.0 Å². The maximum Gasteiger partial charge on any atom is 0.133 e. The quantitative estimate of drug-likeness (QED) is 0.771. The molecule has 0 aliphatic rings. The van der Waals surface area contributed by atoms with Crippen molar-refractivity contribution in [1.29, 1.82) is 0 Å². The number of hydrogen-bond acceptors (Lipinski definition) is 1. The van der Waals surface area contributed by atoms with Gasteiger partial charge in [0, 0.05) is 0 Å². The minimum absolute atomic E-state index is 0.712. The maximum absolute atomic E-state index is 5.39. The van der Waals surface area contributed by atoms with E-state index in [4.69, 9.17) is 4.74 Å². The number of hydrogen-bond donors (Lipinski definition) is 0. The SMILES string of the molecule is CCOc1ccc(CC)cc1Br. The molecule has 0 radical (unpaired) electrons. The highest BCUT2D eigenvalue weighted by atomic mass is 79.9. The minimum Gasteiger partial charge on any atom is -0.493 e. The molecule has 2 heteroatoms. The Morgan fingerprint density at radius 2 is 2.08 bits per heavy atom. The van der Waals surface area contributed by atoms with Crippen LogP contribution in [-0.4, -0.2) is 6.61 Å². The number of aryl methyl sites for hydroxylation is 1. The summed E-state index contributed by atoms with van der Waals surface area (Å²) < 4.78 is 6.43. The first-order valence-electron chi connectivity index (χ1n) is 4.19. The van der Waals surface area contributed by atoms with Crippen molar-refractivity contribution in [3.8, 4) is 5.75 Å². The second-order valence-corrected chi connectivity index (χ2v) is 3.41. The van der Waals surface area contributed by atoms with Gasteiger partial charge in [0.2, 0.25) is 0 Å². The third kappa shape index (κ3) is 2.24. The van der Waals surface area contributed by atoms with Gasteiger partial charge < -0.3 is 4.74 Å². The Bertz CT molecular complexity index is 258. The number of rotatable bonds is 3. The van der Waals surface area contributed by atoms with E-state index in [9.17, 15) is 0 Å². The van der Waals surface area contributed by atoms with Gasteiger partial charge in [0.15, 0.2) is 0 Å². The van der Waals surface area contributed by atoms with Crippen LogP contribution in [0.3, 0.4) is 0 Å². The summed E-state index contributed by atoms with van der Waals surface area (Å²) in [7, 11) is 0. The van der Waals surface area contributed by atoms with Gasteiger partial charge in [-0.05, 0) is 47.0 Å². The second kappa shape index (κ2) is 4.51. The Hall–Kier alpha value is -0.500. The molecule has 1 rings (SSSR count). The van der Waals surface area contributed by atoms with Gasteiger partial charge >= 0.3 is 0 Å². The Kier molecular flexibility index (Phi) is 3.60. The summed E-state index contributed by atoms with van der Waals surface area (Å²) in [4.78, 5) is 0. The average molecular weight is 229 g/mol. The molecule has 1 aromatic carbocycles. The molecule has 66 valence electrons. The zero-order valence-electron chi connectivity index (χ0n) is 7.43. The molecular weight excluding hydrogens is 216 g/mol. The predicted molar refractivity (Wildman–Crippen MR) is 54.7 cm³/mol. The fourth-order valence-corrected chi connectivity index (χ4v) is 1.58. The van der Waals surface area contributed by atoms with Crippen molar-refractivity contribution in [2.24, 2.45) is 0 Å². The van der Waals surface area contributed by atoms with Crippen molar-refractivity contribution in [3.63, 3.8) is 0 Å². The third-order valence-corrected chi connectivity index (χ3v) is 2.32. The number of benzene rings is 1. The van der Waals surface area contributed by atoms with Crippen LogP contribution in [0.4, 0.5) is 0 Å². The molecule has 0 amide bonds. The van der Waals surface area contributed by atoms with Gasteiger partial charge in [-0.3, -0.25) is 0 Å². The zero-order valence-corrected chi connectivity index (χ0v) is 9.02. The minimum atomic E-state index is 0.712. The highest BCUT2D eigenvalue weighted by molar-refractivity contribution is 9.10. The highest BCUT2D eigenvalue weighted by Gasteiger charge is 1.99. The summed E-state index contributed by atoms with van der Waals surface area (Å²) in [5.74, 6) is 0.926. The lowest BCUT2D eigenvalue weighted by molar-refractivity contribution is 0.338. The van der Waals surface area contributed by atoms with E-state index in [-0.39, 0.29) is 0 Å². The Morgan fingerprint density at radius 3 is 2.58 bits per heavy atom. The number of halogens is 1. The maximum atomic E-state index is 5.39. The van der Waals surface area contributed by atoms with Gasteiger partial charge in [0.05, 0.1) is 11.1 Å². The molecule has 0 fully saturated rings. The van der Waals surface area contributed by atoms with Crippen LogP contribution in [0.25, 0.3) is 0 Å². The van der Waals surface area contributed by atoms with Crippen LogP contribution < -0.4 is 4.74 Å². The summed E-state index contributed by atoms with van der Waals surface area (Å²) in [6.07, 6.45) is 1.06. The summed E-state index contributed by atoms with van der Waals surface area (Å²) in [6, 6.07) is 6.20. The van der Waals surface area contributed by atoms with Crippen LogP contribution in [-0.2, 0) is 6.42 Å². The van der Waals surface area contributed by atoms with Crippen LogP contribution in [0, 0.1) is 0 Å². The van der Waals surface area contributed by atoms with Crippen LogP contribution in [0.15, 0.2) is 22.7 Å². The molecule has 0 aliphatic carbocycles. The van der Waals surface area contributed by atoms with E-state index in [0.717, 1.165) is 16.6 Å². The molecule has 12 heavy (non-hydrogen) atoms. The van der Waals surface area contributed by atoms with E-state index in [2.05, 4.69) is 35.0 Å². The first-order chi connectivity index (χ1) is 5.77. The lowest BCUT2D eigenvalue weighted by atomic mass is 10.2. The molecule has 0 saturated heterocycles. The number of ether oxygens (including phenoxy) is 1. The zero-order chi connectivity index (χ0) is 8.97. The molecule has 0 aliphatic heterocycles. The Morgan fingerprint density at radius 1 is 1.33 bits per heavy atom. The van der Waals surface area contributed by atoms with E-state index in [1.54, 1.807) is 0 Å². The highest BCUT2D eigenvalue weighted by Crippen LogP contribution is 2.25. The molecular formula is C10H13BrO. The van der Waals surface area contributed by atoms with Gasteiger partial charge in [0.1, 0.15) is 5.75 Å². The summed E-state index contributed by atoms with van der Waals surface area (Å²) in [5.41, 5.74) is 1.32. The van der Waals surface area contributed by atoms with Gasteiger partial charge in [-0.2, -0.15) is 0 Å². The van der Waals surface area contributed by atoms with Crippen molar-refractivity contribution < 1.29 is 4.74 Å². The fourth-order valence-electron chi connectivity index (χ4n) is 1.04. The summed E-state index contributed by atoms with van der Waals surface area (Å²) in [5, 5.41) is 0. The van der Waals surface area contributed by atoms with Crippen LogP contribution in [0.5, 0.6) is 5.75 Å². The third-order valence-electron chi connectivity index (χ3n) is 1.70. The fraction of sp³-hybridized carbons (Fsp3) is 0.400. The molecule has 0 unspecified atom stereocenters. The lowest BCUT2D eigenvalue weighted by Gasteiger charge is -2.06. The van der Waals surface area contributed by atoms with Crippen molar-refractivity contribution in [3.05, 3.63) is 28.2 Å². The van der Waals surface area contributed by atoms with Crippen molar-refractivity contribution in [2.45, 2.75) is 20.3 Å². The molecule has 0 saturated carbocycles. The second-order valence-electron chi connectivity index (χ2n) is 2.55. The van der Waals surface area contributed by atoms with Gasteiger partial charge in [-0.1, -0.05) is 13.0 Å².